The summed E-state index contributed by atoms with van der Waals surface area (Å²) in [4.78, 5) is 16.9. The molecule has 8 heteroatoms. The van der Waals surface area contributed by atoms with E-state index < -0.39 is 17.8 Å². The van der Waals surface area contributed by atoms with Crippen LogP contribution in [0.1, 0.15) is 40.8 Å². The van der Waals surface area contributed by atoms with Crippen LogP contribution in [0, 0.1) is 0 Å². The van der Waals surface area contributed by atoms with Gasteiger partial charge in [0.25, 0.3) is 0 Å². The van der Waals surface area contributed by atoms with Crippen molar-refractivity contribution in [3.63, 3.8) is 0 Å². The number of amides is 1. The quantitative estimate of drug-likeness (QED) is 0.482. The summed E-state index contributed by atoms with van der Waals surface area (Å²) in [5.41, 5.74) is 1.74. The highest BCUT2D eigenvalue weighted by atomic mass is 19.4. The highest BCUT2D eigenvalue weighted by Crippen LogP contribution is 2.30. The summed E-state index contributed by atoms with van der Waals surface area (Å²) in [5, 5.41) is 6.10. The number of methoxy groups -OCH3 is 1. The third-order valence-electron chi connectivity index (χ3n) is 5.38. The van der Waals surface area contributed by atoms with E-state index in [0.717, 1.165) is 28.8 Å². The maximum absolute atomic E-state index is 12.9. The first-order chi connectivity index (χ1) is 15.8. The summed E-state index contributed by atoms with van der Waals surface area (Å²) in [6.45, 7) is 0. The third kappa shape index (κ3) is 6.55. The Balaban J connectivity index is 1.84. The molecule has 1 amide bonds. The molecule has 2 N–H and O–H groups in total. The number of aromatic nitrogens is 1. The lowest BCUT2D eigenvalue weighted by Gasteiger charge is -2.26. The van der Waals surface area contributed by atoms with Crippen molar-refractivity contribution in [1.29, 1.82) is 0 Å². The van der Waals surface area contributed by atoms with Crippen molar-refractivity contribution in [3.05, 3.63) is 95.2 Å². The number of pyridine rings is 1. The molecule has 2 aromatic carbocycles. The number of benzene rings is 2. The van der Waals surface area contributed by atoms with Gasteiger partial charge in [-0.1, -0.05) is 48.5 Å². The molecule has 0 unspecified atom stereocenters. The molecule has 0 aliphatic rings. The van der Waals surface area contributed by atoms with Crippen LogP contribution in [0.25, 0.3) is 0 Å². The van der Waals surface area contributed by atoms with Gasteiger partial charge < -0.3 is 10.1 Å². The van der Waals surface area contributed by atoms with Gasteiger partial charge in [-0.25, -0.2) is 4.98 Å². The Morgan fingerprint density at radius 2 is 1.70 bits per heavy atom. The maximum atomic E-state index is 12.9. The number of alkyl halides is 3. The lowest BCUT2D eigenvalue weighted by molar-refractivity contribution is -0.137. The summed E-state index contributed by atoms with van der Waals surface area (Å²) in [6.07, 6.45) is -1.64. The molecule has 174 valence electrons. The summed E-state index contributed by atoms with van der Waals surface area (Å²) in [6, 6.07) is 17.2. The smallest absolute Gasteiger partial charge is 0.416 e. The van der Waals surface area contributed by atoms with Crippen molar-refractivity contribution in [2.75, 3.05) is 14.2 Å². The molecule has 2 atom stereocenters. The number of aryl methyl sites for hydroxylation is 1. The van der Waals surface area contributed by atoms with Crippen LogP contribution in [0.5, 0.6) is 5.88 Å². The molecule has 0 fully saturated rings. The second kappa shape index (κ2) is 11.0. The standard InChI is InChI=1S/C25H26F3N3O2/c1-29-24(32)23(18-6-4-3-5-7-18)31-21(19-11-15-22(33-2)30-16-19)14-10-17-8-12-20(13-9-17)25(26,27)28/h3-9,11-13,15-16,21,23,31H,10,14H2,1-2H3,(H,29,32)/t21-,23-/m0/s1. The molecule has 0 bridgehead atoms. The number of nitrogens with one attached hydrogen (secondary N) is 2. The van der Waals surface area contributed by atoms with Crippen LogP contribution >= 0.6 is 0 Å². The zero-order valence-electron chi connectivity index (χ0n) is 18.4. The molecule has 3 rings (SSSR count). The Morgan fingerprint density at radius 1 is 1.00 bits per heavy atom. The summed E-state index contributed by atoms with van der Waals surface area (Å²) < 4.78 is 43.7. The van der Waals surface area contributed by atoms with Gasteiger partial charge in [0, 0.05) is 25.4 Å². The first-order valence-corrected chi connectivity index (χ1v) is 10.5. The maximum Gasteiger partial charge on any atom is 0.416 e. The van der Waals surface area contributed by atoms with Gasteiger partial charge in [-0.3, -0.25) is 10.1 Å². The number of carbonyl (C=O) groups is 1. The Bertz CT molecular complexity index is 1020. The second-order valence-electron chi connectivity index (χ2n) is 7.54. The van der Waals surface area contributed by atoms with Crippen LogP contribution in [0.3, 0.4) is 0 Å². The van der Waals surface area contributed by atoms with Crippen LogP contribution in [0.4, 0.5) is 13.2 Å². The van der Waals surface area contributed by atoms with Crippen molar-refractivity contribution >= 4 is 5.91 Å². The third-order valence-corrected chi connectivity index (χ3v) is 5.38. The average Bonchev–Trinajstić information content (AvgIpc) is 2.84. The van der Waals surface area contributed by atoms with Crippen LogP contribution in [0.2, 0.25) is 0 Å². The lowest BCUT2D eigenvalue weighted by atomic mass is 9.97. The molecular formula is C25H26F3N3O2. The predicted molar refractivity (Wildman–Crippen MR) is 120 cm³/mol. The number of likely N-dealkylation sites (N-methyl/N-ethyl adjacent to an activating group) is 1. The van der Waals surface area contributed by atoms with Crippen LogP contribution < -0.4 is 15.4 Å². The van der Waals surface area contributed by atoms with Gasteiger partial charge >= 0.3 is 6.18 Å². The molecule has 1 aromatic heterocycles. The van der Waals surface area contributed by atoms with E-state index in [0.29, 0.717) is 18.7 Å². The molecular weight excluding hydrogens is 431 g/mol. The molecule has 0 saturated carbocycles. The molecule has 33 heavy (non-hydrogen) atoms. The highest BCUT2D eigenvalue weighted by Gasteiger charge is 2.30. The fraction of sp³-hybridized carbons (Fsp3) is 0.280. The highest BCUT2D eigenvalue weighted by molar-refractivity contribution is 5.83. The van der Waals surface area contributed by atoms with Crippen LogP contribution in [-0.2, 0) is 17.4 Å². The second-order valence-corrected chi connectivity index (χ2v) is 7.54. The Morgan fingerprint density at radius 3 is 2.24 bits per heavy atom. The largest absolute Gasteiger partial charge is 0.481 e. The zero-order valence-corrected chi connectivity index (χ0v) is 18.4. The molecule has 0 aliphatic carbocycles. The van der Waals surface area contributed by atoms with E-state index in [4.69, 9.17) is 4.74 Å². The molecule has 5 nitrogen and oxygen atoms in total. The molecule has 3 aromatic rings. The average molecular weight is 457 g/mol. The summed E-state index contributed by atoms with van der Waals surface area (Å²) >= 11 is 0. The van der Waals surface area contributed by atoms with E-state index in [-0.39, 0.29) is 11.9 Å². The van der Waals surface area contributed by atoms with Crippen molar-refractivity contribution < 1.29 is 22.7 Å². The molecule has 0 radical (unpaired) electrons. The van der Waals surface area contributed by atoms with E-state index in [1.165, 1.54) is 19.2 Å². The van der Waals surface area contributed by atoms with E-state index in [1.54, 1.807) is 19.3 Å². The lowest BCUT2D eigenvalue weighted by Crippen LogP contribution is -2.38. The zero-order chi connectivity index (χ0) is 23.8. The van der Waals surface area contributed by atoms with Gasteiger partial charge in [0.15, 0.2) is 0 Å². The minimum absolute atomic E-state index is 0.192. The van der Waals surface area contributed by atoms with Gasteiger partial charge in [0.05, 0.1) is 12.7 Å². The van der Waals surface area contributed by atoms with Crippen molar-refractivity contribution in [1.82, 2.24) is 15.6 Å². The summed E-state index contributed by atoms with van der Waals surface area (Å²) in [5.74, 6) is 0.272. The van der Waals surface area contributed by atoms with Crippen LogP contribution in [0.15, 0.2) is 72.9 Å². The monoisotopic (exact) mass is 457 g/mol. The fourth-order valence-electron chi connectivity index (χ4n) is 3.55. The van der Waals surface area contributed by atoms with Crippen molar-refractivity contribution in [2.24, 2.45) is 0 Å². The van der Waals surface area contributed by atoms with Crippen molar-refractivity contribution in [3.8, 4) is 5.88 Å². The van der Waals surface area contributed by atoms with Crippen molar-refractivity contribution in [2.45, 2.75) is 31.1 Å². The van der Waals surface area contributed by atoms with E-state index in [2.05, 4.69) is 15.6 Å². The minimum atomic E-state index is -4.37. The number of nitrogens with zero attached hydrogens (tertiary/aromatic N) is 1. The Labute approximate surface area is 191 Å². The number of rotatable bonds is 9. The van der Waals surface area contributed by atoms with E-state index in [1.807, 2.05) is 36.4 Å². The topological polar surface area (TPSA) is 63.2 Å². The normalized spacial score (nSPS) is 13.2. The SMILES string of the molecule is CNC(=O)[C@@H](N[C@@H](CCc1ccc(C(F)(F)F)cc1)c1ccc(OC)nc1)c1ccccc1. The van der Waals surface area contributed by atoms with Gasteiger partial charge in [0.1, 0.15) is 6.04 Å². The number of hydrogen-bond acceptors (Lipinski definition) is 4. The minimum Gasteiger partial charge on any atom is -0.481 e. The Kier molecular flexibility index (Phi) is 8.06. The number of halogens is 3. The van der Waals surface area contributed by atoms with E-state index in [9.17, 15) is 18.0 Å². The number of ether oxygens (including phenoxy) is 1. The fourth-order valence-corrected chi connectivity index (χ4v) is 3.55. The predicted octanol–water partition coefficient (Wildman–Crippen LogP) is 4.86. The molecule has 1 heterocycles. The number of hydrogen-bond donors (Lipinski definition) is 2. The molecule has 0 aliphatic heterocycles. The van der Waals surface area contributed by atoms with Gasteiger partial charge in [-0.05, 0) is 41.7 Å². The summed E-state index contributed by atoms with van der Waals surface area (Å²) in [7, 11) is 3.10. The van der Waals surface area contributed by atoms with E-state index >= 15 is 0 Å². The molecule has 0 saturated heterocycles. The first kappa shape index (κ1) is 24.3. The Hall–Kier alpha value is -3.39. The van der Waals surface area contributed by atoms with Crippen LogP contribution in [-0.4, -0.2) is 25.0 Å². The first-order valence-electron chi connectivity index (χ1n) is 10.5. The molecule has 0 spiro atoms. The van der Waals surface area contributed by atoms with Gasteiger partial charge in [-0.2, -0.15) is 13.2 Å². The van der Waals surface area contributed by atoms with Gasteiger partial charge in [-0.15, -0.1) is 0 Å². The number of carbonyl (C=O) groups excluding carboxylic acids is 1. The van der Waals surface area contributed by atoms with Gasteiger partial charge in [0.2, 0.25) is 11.8 Å².